The van der Waals surface area contributed by atoms with Crippen LogP contribution in [0.2, 0.25) is 0 Å². The van der Waals surface area contributed by atoms with Gasteiger partial charge in [-0.05, 0) is 71.2 Å². The van der Waals surface area contributed by atoms with E-state index >= 15 is 0 Å². The van der Waals surface area contributed by atoms with Gasteiger partial charge in [-0.25, -0.2) is 4.99 Å². The first kappa shape index (κ1) is 28.7. The predicted molar refractivity (Wildman–Crippen MR) is 162 cm³/mol. The Morgan fingerprint density at radius 3 is 2.17 bits per heavy atom. The Kier molecular flexibility index (Phi) is 9.45. The number of nitrogens with one attached hydrogen (secondary N) is 1. The molecule has 0 aliphatic heterocycles. The lowest BCUT2D eigenvalue weighted by Crippen LogP contribution is -2.31. The van der Waals surface area contributed by atoms with Crippen molar-refractivity contribution in [1.82, 2.24) is 9.88 Å². The Labute approximate surface area is 235 Å². The average molecular weight is 543 g/mol. The molecular weight excluding hydrogens is 504 g/mol. The van der Waals surface area contributed by atoms with Crippen molar-refractivity contribution in [1.29, 1.82) is 0 Å². The second-order valence-electron chi connectivity index (χ2n) is 9.73. The van der Waals surface area contributed by atoms with Crippen LogP contribution in [0, 0.1) is 0 Å². The van der Waals surface area contributed by atoms with Crippen LogP contribution in [-0.4, -0.2) is 67.0 Å². The highest BCUT2D eigenvalue weighted by Gasteiger charge is 2.21. The minimum atomic E-state index is 0.000205. The van der Waals surface area contributed by atoms with Gasteiger partial charge in [0.15, 0.2) is 17.4 Å². The van der Waals surface area contributed by atoms with E-state index in [0.717, 1.165) is 29.6 Å². The van der Waals surface area contributed by atoms with Crippen molar-refractivity contribution < 1.29 is 19.4 Å². The zero-order valence-electron chi connectivity index (χ0n) is 23.9. The molecule has 40 heavy (non-hydrogen) atoms. The number of benzene rings is 3. The van der Waals surface area contributed by atoms with Gasteiger partial charge in [0.1, 0.15) is 0 Å². The number of aliphatic imine (C=N–C) groups is 1. The van der Waals surface area contributed by atoms with Gasteiger partial charge in [0.05, 0.1) is 35.7 Å². The van der Waals surface area contributed by atoms with Crippen molar-refractivity contribution in [2.45, 2.75) is 27.2 Å². The SMILES string of the molecule is CCOc1cc2[nH]c(O)c(C(=Nc3ccc(N(CCCN(C)C)C(C)=O)cc3)c3ccccc3)c2cc1OCC. The Morgan fingerprint density at radius 1 is 0.925 bits per heavy atom. The first-order valence-corrected chi connectivity index (χ1v) is 13.6. The number of hydrogen-bond acceptors (Lipinski definition) is 6. The van der Waals surface area contributed by atoms with Crippen LogP contribution in [0.3, 0.4) is 0 Å². The number of amides is 1. The van der Waals surface area contributed by atoms with Gasteiger partial charge in [0.2, 0.25) is 5.91 Å². The summed E-state index contributed by atoms with van der Waals surface area (Å²) in [5, 5.41) is 11.9. The molecule has 0 unspecified atom stereocenters. The van der Waals surface area contributed by atoms with Crippen molar-refractivity contribution in [3.8, 4) is 17.4 Å². The third-order valence-corrected chi connectivity index (χ3v) is 6.50. The lowest BCUT2D eigenvalue weighted by molar-refractivity contribution is -0.116. The summed E-state index contributed by atoms with van der Waals surface area (Å²) in [5.41, 5.74) is 4.27. The van der Waals surface area contributed by atoms with Crippen LogP contribution in [0.1, 0.15) is 38.3 Å². The van der Waals surface area contributed by atoms with Crippen LogP contribution in [0.4, 0.5) is 11.4 Å². The largest absolute Gasteiger partial charge is 0.494 e. The number of anilines is 1. The summed E-state index contributed by atoms with van der Waals surface area (Å²) in [7, 11) is 4.05. The number of fused-ring (bicyclic) bond motifs is 1. The van der Waals surface area contributed by atoms with Crippen molar-refractivity contribution in [2.24, 2.45) is 4.99 Å². The molecular formula is C32H38N4O4. The monoisotopic (exact) mass is 542 g/mol. The highest BCUT2D eigenvalue weighted by Crippen LogP contribution is 2.38. The van der Waals surface area contributed by atoms with Crippen LogP contribution in [0.25, 0.3) is 10.9 Å². The molecule has 2 N–H and O–H groups in total. The Morgan fingerprint density at radius 2 is 1.57 bits per heavy atom. The Hall–Kier alpha value is -4.30. The number of aromatic nitrogens is 1. The molecule has 0 aliphatic rings. The molecule has 0 fully saturated rings. The van der Waals surface area contributed by atoms with Crippen LogP contribution < -0.4 is 14.4 Å². The van der Waals surface area contributed by atoms with E-state index in [0.29, 0.717) is 53.7 Å². The smallest absolute Gasteiger partial charge is 0.223 e. The topological polar surface area (TPSA) is 90.4 Å². The van der Waals surface area contributed by atoms with Crippen LogP contribution >= 0.6 is 0 Å². The van der Waals surface area contributed by atoms with E-state index < -0.39 is 0 Å². The van der Waals surface area contributed by atoms with Crippen molar-refractivity contribution in [2.75, 3.05) is 45.3 Å². The van der Waals surface area contributed by atoms with E-state index in [9.17, 15) is 9.90 Å². The summed E-state index contributed by atoms with van der Waals surface area (Å²) < 4.78 is 11.6. The number of carbonyl (C=O) groups excluding carboxylic acids is 1. The molecule has 1 amide bonds. The van der Waals surface area contributed by atoms with Gasteiger partial charge in [-0.1, -0.05) is 30.3 Å². The summed E-state index contributed by atoms with van der Waals surface area (Å²) in [6.07, 6.45) is 0.874. The van der Waals surface area contributed by atoms with Crippen molar-refractivity contribution in [3.05, 3.63) is 77.9 Å². The predicted octanol–water partition coefficient (Wildman–Crippen LogP) is 6.14. The van der Waals surface area contributed by atoms with Crippen LogP contribution in [0.5, 0.6) is 17.4 Å². The molecule has 0 saturated carbocycles. The normalized spacial score (nSPS) is 11.7. The number of hydrogen-bond donors (Lipinski definition) is 2. The molecule has 210 valence electrons. The molecule has 0 aliphatic carbocycles. The maximum Gasteiger partial charge on any atom is 0.223 e. The fraction of sp³-hybridized carbons (Fsp3) is 0.312. The Bertz CT molecular complexity index is 1460. The summed E-state index contributed by atoms with van der Waals surface area (Å²) in [6, 6.07) is 21.1. The number of carbonyl (C=O) groups is 1. The van der Waals surface area contributed by atoms with Gasteiger partial charge in [0.25, 0.3) is 0 Å². The summed E-state index contributed by atoms with van der Waals surface area (Å²) >= 11 is 0. The van der Waals surface area contributed by atoms with Crippen LogP contribution in [0.15, 0.2) is 71.7 Å². The molecule has 4 rings (SSSR count). The molecule has 1 heterocycles. The molecule has 0 saturated heterocycles. The van der Waals surface area contributed by atoms with E-state index in [1.54, 1.807) is 11.8 Å². The number of nitrogens with zero attached hydrogens (tertiary/aromatic N) is 3. The molecule has 4 aromatic rings. The zero-order chi connectivity index (χ0) is 28.6. The first-order chi connectivity index (χ1) is 19.3. The van der Waals surface area contributed by atoms with E-state index in [2.05, 4.69) is 9.88 Å². The van der Waals surface area contributed by atoms with E-state index in [1.807, 2.05) is 94.7 Å². The maximum atomic E-state index is 12.4. The first-order valence-electron chi connectivity index (χ1n) is 13.6. The molecule has 3 aromatic carbocycles. The molecule has 1 aromatic heterocycles. The van der Waals surface area contributed by atoms with Gasteiger partial charge < -0.3 is 29.4 Å². The minimum Gasteiger partial charge on any atom is -0.494 e. The standard InChI is InChI=1S/C32H38N4O4/c1-6-39-28-20-26-27(21-29(28)40-7-2)34-32(38)30(26)31(23-12-9-8-10-13-23)33-24-14-16-25(17-15-24)36(22(3)37)19-11-18-35(4)5/h8-10,12-17,20-21,34,38H,6-7,11,18-19H2,1-5H3. The minimum absolute atomic E-state index is 0.000205. The highest BCUT2D eigenvalue weighted by atomic mass is 16.5. The fourth-order valence-electron chi connectivity index (χ4n) is 4.67. The van der Waals surface area contributed by atoms with Crippen molar-refractivity contribution in [3.63, 3.8) is 0 Å². The maximum absolute atomic E-state index is 12.4. The Balaban J connectivity index is 1.78. The number of rotatable bonds is 12. The van der Waals surface area contributed by atoms with Gasteiger partial charge in [-0.3, -0.25) is 4.79 Å². The van der Waals surface area contributed by atoms with Gasteiger partial charge in [-0.15, -0.1) is 0 Å². The van der Waals surface area contributed by atoms with E-state index in [1.165, 1.54) is 0 Å². The number of ether oxygens (including phenoxy) is 2. The average Bonchev–Trinajstić information content (AvgIpc) is 3.25. The summed E-state index contributed by atoms with van der Waals surface area (Å²) in [4.78, 5) is 24.3. The summed E-state index contributed by atoms with van der Waals surface area (Å²) in [6.45, 7) is 7.94. The molecule has 8 nitrogen and oxygen atoms in total. The number of aromatic amines is 1. The lowest BCUT2D eigenvalue weighted by Gasteiger charge is -2.22. The van der Waals surface area contributed by atoms with Crippen LogP contribution in [-0.2, 0) is 4.79 Å². The molecule has 8 heteroatoms. The zero-order valence-corrected chi connectivity index (χ0v) is 23.9. The lowest BCUT2D eigenvalue weighted by atomic mass is 10.0. The number of aromatic hydroxyl groups is 1. The second-order valence-corrected chi connectivity index (χ2v) is 9.73. The fourth-order valence-corrected chi connectivity index (χ4v) is 4.67. The quantitative estimate of drug-likeness (QED) is 0.210. The van der Waals surface area contributed by atoms with Gasteiger partial charge in [-0.2, -0.15) is 0 Å². The van der Waals surface area contributed by atoms with E-state index in [-0.39, 0.29) is 11.8 Å². The van der Waals surface area contributed by atoms with E-state index in [4.69, 9.17) is 14.5 Å². The molecule has 0 bridgehead atoms. The number of H-pyrrole nitrogens is 1. The highest BCUT2D eigenvalue weighted by molar-refractivity contribution is 6.22. The van der Waals surface area contributed by atoms with Gasteiger partial charge >= 0.3 is 0 Å². The molecule has 0 atom stereocenters. The summed E-state index contributed by atoms with van der Waals surface area (Å²) in [5.74, 6) is 1.22. The second kappa shape index (κ2) is 13.2. The molecule has 0 spiro atoms. The molecule has 0 radical (unpaired) electrons. The third kappa shape index (κ3) is 6.63. The van der Waals surface area contributed by atoms with Crippen molar-refractivity contribution >= 4 is 33.9 Å². The third-order valence-electron chi connectivity index (χ3n) is 6.50. The van der Waals surface area contributed by atoms with Gasteiger partial charge in [0, 0.05) is 36.2 Å².